The lowest BCUT2D eigenvalue weighted by atomic mass is 10.2. The van der Waals surface area contributed by atoms with Crippen molar-refractivity contribution < 1.29 is 19.7 Å². The first-order chi connectivity index (χ1) is 9.15. The predicted octanol–water partition coefficient (Wildman–Crippen LogP) is 2.85. The number of aromatic hydroxyl groups is 2. The van der Waals surface area contributed by atoms with E-state index in [2.05, 4.69) is 5.32 Å². The summed E-state index contributed by atoms with van der Waals surface area (Å²) in [7, 11) is 0. The van der Waals surface area contributed by atoms with Crippen LogP contribution in [0.15, 0.2) is 48.5 Å². The largest absolute Gasteiger partial charge is 0.504 e. The van der Waals surface area contributed by atoms with Crippen LogP contribution >= 0.6 is 0 Å². The first kappa shape index (κ1) is 12.8. The minimum Gasteiger partial charge on any atom is -0.504 e. The van der Waals surface area contributed by atoms with Crippen LogP contribution in [0.4, 0.5) is 10.5 Å². The maximum atomic E-state index is 11.5. The van der Waals surface area contributed by atoms with E-state index in [4.69, 9.17) is 9.84 Å². The normalized spacial score (nSPS) is 9.89. The molecular formula is C14H13NO4. The van der Waals surface area contributed by atoms with Gasteiger partial charge in [-0.15, -0.1) is 0 Å². The van der Waals surface area contributed by atoms with Gasteiger partial charge in [0.1, 0.15) is 6.61 Å². The van der Waals surface area contributed by atoms with Crippen molar-refractivity contribution in [1.82, 2.24) is 0 Å². The van der Waals surface area contributed by atoms with Crippen LogP contribution < -0.4 is 5.32 Å². The van der Waals surface area contributed by atoms with Crippen molar-refractivity contribution in [2.45, 2.75) is 6.61 Å². The molecule has 0 saturated carbocycles. The van der Waals surface area contributed by atoms with Gasteiger partial charge in [-0.2, -0.15) is 0 Å². The molecular weight excluding hydrogens is 246 g/mol. The lowest BCUT2D eigenvalue weighted by Crippen LogP contribution is -2.13. The van der Waals surface area contributed by atoms with E-state index >= 15 is 0 Å². The molecule has 0 aliphatic heterocycles. The van der Waals surface area contributed by atoms with E-state index in [9.17, 15) is 9.90 Å². The Morgan fingerprint density at radius 2 is 1.79 bits per heavy atom. The number of hydrogen-bond acceptors (Lipinski definition) is 4. The molecule has 1 amide bonds. The van der Waals surface area contributed by atoms with Gasteiger partial charge in [-0.05, 0) is 17.7 Å². The minimum absolute atomic E-state index is 0.163. The van der Waals surface area contributed by atoms with Crippen LogP contribution in [0.25, 0.3) is 0 Å². The Kier molecular flexibility index (Phi) is 3.87. The van der Waals surface area contributed by atoms with Crippen LogP contribution in [0.3, 0.4) is 0 Å². The summed E-state index contributed by atoms with van der Waals surface area (Å²) < 4.78 is 5.01. The van der Waals surface area contributed by atoms with Crippen molar-refractivity contribution >= 4 is 11.8 Å². The van der Waals surface area contributed by atoms with Crippen LogP contribution in [-0.4, -0.2) is 16.3 Å². The fourth-order valence-corrected chi connectivity index (χ4v) is 1.48. The Bertz CT molecular complexity index is 569. The lowest BCUT2D eigenvalue weighted by molar-refractivity contribution is 0.155. The molecule has 0 unspecified atom stereocenters. The van der Waals surface area contributed by atoms with Crippen LogP contribution in [0, 0.1) is 0 Å². The molecule has 98 valence electrons. The maximum Gasteiger partial charge on any atom is 0.411 e. The van der Waals surface area contributed by atoms with Gasteiger partial charge in [-0.1, -0.05) is 30.3 Å². The van der Waals surface area contributed by atoms with Crippen molar-refractivity contribution in [2.75, 3.05) is 5.32 Å². The molecule has 2 aromatic rings. The van der Waals surface area contributed by atoms with Gasteiger partial charge in [0.25, 0.3) is 0 Å². The number of carbonyl (C=O) groups excluding carboxylic acids is 1. The third-order valence-electron chi connectivity index (χ3n) is 2.43. The lowest BCUT2D eigenvalue weighted by Gasteiger charge is -2.07. The highest BCUT2D eigenvalue weighted by Gasteiger charge is 2.06. The molecule has 2 rings (SSSR count). The van der Waals surface area contributed by atoms with Crippen LogP contribution in [-0.2, 0) is 11.3 Å². The molecule has 0 aliphatic rings. The van der Waals surface area contributed by atoms with Crippen LogP contribution in [0.5, 0.6) is 11.5 Å². The molecule has 0 atom stereocenters. The van der Waals surface area contributed by atoms with Crippen molar-refractivity contribution in [3.8, 4) is 11.5 Å². The molecule has 5 nitrogen and oxygen atoms in total. The van der Waals surface area contributed by atoms with Gasteiger partial charge in [-0.25, -0.2) is 4.79 Å². The first-order valence-corrected chi connectivity index (χ1v) is 5.65. The van der Waals surface area contributed by atoms with E-state index in [1.54, 1.807) is 0 Å². The molecule has 0 bridgehead atoms. The predicted molar refractivity (Wildman–Crippen MR) is 70.0 cm³/mol. The zero-order chi connectivity index (χ0) is 13.7. The number of hydrogen-bond donors (Lipinski definition) is 3. The summed E-state index contributed by atoms with van der Waals surface area (Å²) in [5.41, 5.74) is 1.22. The van der Waals surface area contributed by atoms with Crippen molar-refractivity contribution in [2.24, 2.45) is 0 Å². The average molecular weight is 259 g/mol. The fourth-order valence-electron chi connectivity index (χ4n) is 1.48. The van der Waals surface area contributed by atoms with Gasteiger partial charge < -0.3 is 14.9 Å². The van der Waals surface area contributed by atoms with Gasteiger partial charge >= 0.3 is 6.09 Å². The maximum absolute atomic E-state index is 11.5. The van der Waals surface area contributed by atoms with Crippen LogP contribution in [0.1, 0.15) is 5.56 Å². The van der Waals surface area contributed by atoms with Crippen LogP contribution in [0.2, 0.25) is 0 Å². The van der Waals surface area contributed by atoms with E-state index in [0.29, 0.717) is 5.69 Å². The molecule has 5 heteroatoms. The van der Waals surface area contributed by atoms with Gasteiger partial charge in [0.15, 0.2) is 11.5 Å². The number of phenolic OH excluding ortho intramolecular Hbond substituents is 2. The van der Waals surface area contributed by atoms with E-state index in [1.165, 1.54) is 18.2 Å². The highest BCUT2D eigenvalue weighted by Crippen LogP contribution is 2.27. The van der Waals surface area contributed by atoms with Crippen molar-refractivity contribution in [1.29, 1.82) is 0 Å². The zero-order valence-corrected chi connectivity index (χ0v) is 10.0. The summed E-state index contributed by atoms with van der Waals surface area (Å²) in [5, 5.41) is 20.9. The summed E-state index contributed by atoms with van der Waals surface area (Å²) in [6, 6.07) is 13.3. The van der Waals surface area contributed by atoms with Gasteiger partial charge in [0.05, 0.1) is 0 Å². The standard InChI is InChI=1S/C14H13NO4/c16-12-7-6-11(8-13(12)17)15-14(18)19-9-10-4-2-1-3-5-10/h1-8,16-17H,9H2,(H,15,18). The second-order valence-electron chi connectivity index (χ2n) is 3.89. The smallest absolute Gasteiger partial charge is 0.411 e. The summed E-state index contributed by atoms with van der Waals surface area (Å²) >= 11 is 0. The molecule has 0 fully saturated rings. The fraction of sp³-hybridized carbons (Fsp3) is 0.0714. The quantitative estimate of drug-likeness (QED) is 0.585. The van der Waals surface area contributed by atoms with Gasteiger partial charge in [0.2, 0.25) is 0 Å². The highest BCUT2D eigenvalue weighted by atomic mass is 16.5. The molecule has 0 radical (unpaired) electrons. The van der Waals surface area contributed by atoms with Crippen molar-refractivity contribution in [3.05, 3.63) is 54.1 Å². The number of ether oxygens (including phenoxy) is 1. The third-order valence-corrected chi connectivity index (χ3v) is 2.43. The first-order valence-electron chi connectivity index (χ1n) is 5.65. The number of nitrogens with one attached hydrogen (secondary N) is 1. The molecule has 0 aliphatic carbocycles. The molecule has 0 heterocycles. The van der Waals surface area contributed by atoms with Gasteiger partial charge in [0, 0.05) is 11.8 Å². The Morgan fingerprint density at radius 3 is 2.47 bits per heavy atom. The number of carbonyl (C=O) groups is 1. The summed E-state index contributed by atoms with van der Waals surface area (Å²) in [6.45, 7) is 0.163. The Labute approximate surface area is 110 Å². The molecule has 2 aromatic carbocycles. The number of anilines is 1. The Hall–Kier alpha value is -2.69. The summed E-state index contributed by atoms with van der Waals surface area (Å²) in [6.07, 6.45) is -0.631. The van der Waals surface area contributed by atoms with Gasteiger partial charge in [-0.3, -0.25) is 5.32 Å². The molecule has 0 saturated heterocycles. The number of amides is 1. The third kappa shape index (κ3) is 3.64. The van der Waals surface area contributed by atoms with E-state index in [-0.39, 0.29) is 18.1 Å². The van der Waals surface area contributed by atoms with Crippen molar-refractivity contribution in [3.63, 3.8) is 0 Å². The van der Waals surface area contributed by atoms with E-state index < -0.39 is 6.09 Å². The average Bonchev–Trinajstić information content (AvgIpc) is 2.42. The van der Waals surface area contributed by atoms with E-state index in [1.807, 2.05) is 30.3 Å². The Balaban J connectivity index is 1.89. The highest BCUT2D eigenvalue weighted by molar-refractivity contribution is 5.85. The number of rotatable bonds is 3. The molecule has 0 aromatic heterocycles. The zero-order valence-electron chi connectivity index (χ0n) is 10.0. The second kappa shape index (κ2) is 5.77. The molecule has 3 N–H and O–H groups in total. The SMILES string of the molecule is O=C(Nc1ccc(O)c(O)c1)OCc1ccccc1. The Morgan fingerprint density at radius 1 is 1.05 bits per heavy atom. The summed E-state index contributed by atoms with van der Waals surface area (Å²) in [5.74, 6) is -0.552. The molecule has 0 spiro atoms. The second-order valence-corrected chi connectivity index (χ2v) is 3.89. The number of benzene rings is 2. The topological polar surface area (TPSA) is 78.8 Å². The summed E-state index contributed by atoms with van der Waals surface area (Å²) in [4.78, 5) is 11.5. The monoisotopic (exact) mass is 259 g/mol. The molecule has 19 heavy (non-hydrogen) atoms. The minimum atomic E-state index is -0.631. The number of phenols is 2. The van der Waals surface area contributed by atoms with E-state index in [0.717, 1.165) is 5.56 Å².